The van der Waals surface area contributed by atoms with Crippen molar-refractivity contribution in [1.82, 2.24) is 20.1 Å². The Balaban J connectivity index is 1.65. The molecule has 0 radical (unpaired) electrons. The van der Waals surface area contributed by atoms with E-state index in [1.165, 1.54) is 23.9 Å². The number of thioether (sulfide) groups is 1. The minimum atomic E-state index is -0.640. The minimum absolute atomic E-state index is 0.0591. The van der Waals surface area contributed by atoms with Crippen LogP contribution in [0.4, 0.5) is 4.39 Å². The number of nitrogens with one attached hydrogen (secondary N) is 1. The van der Waals surface area contributed by atoms with Crippen LogP contribution in [-0.4, -0.2) is 33.3 Å². The van der Waals surface area contributed by atoms with Crippen LogP contribution in [0.25, 0.3) is 5.65 Å². The van der Waals surface area contributed by atoms with Gasteiger partial charge in [0.2, 0.25) is 0 Å². The Morgan fingerprint density at radius 3 is 2.86 bits per heavy atom. The average Bonchev–Trinajstić information content (AvgIpc) is 3.24. The second-order valence-corrected chi connectivity index (χ2v) is 8.21. The molecule has 0 bridgehead atoms. The number of nitrogens with zero attached hydrogens (tertiary/aromatic N) is 4. The summed E-state index contributed by atoms with van der Waals surface area (Å²) in [5.41, 5.74) is 4.39. The predicted molar refractivity (Wildman–Crippen MR) is 105 cm³/mol. The van der Waals surface area contributed by atoms with Crippen LogP contribution in [0.2, 0.25) is 0 Å². The highest BCUT2D eigenvalue weighted by Gasteiger charge is 2.28. The molecule has 0 saturated carbocycles. The summed E-state index contributed by atoms with van der Waals surface area (Å²) in [6.45, 7) is 5.72. The Labute approximate surface area is 165 Å². The maximum atomic E-state index is 13.7. The van der Waals surface area contributed by atoms with Crippen molar-refractivity contribution in [1.29, 1.82) is 0 Å². The third-order valence-electron chi connectivity index (χ3n) is 4.30. The van der Waals surface area contributed by atoms with Crippen molar-refractivity contribution in [3.63, 3.8) is 0 Å². The van der Waals surface area contributed by atoms with E-state index in [0.29, 0.717) is 17.2 Å². The van der Waals surface area contributed by atoms with Crippen molar-refractivity contribution in [2.75, 3.05) is 7.11 Å². The molecular weight excluding hydrogens is 381 g/mol. The molecule has 1 unspecified atom stereocenters. The number of amidine groups is 1. The van der Waals surface area contributed by atoms with Gasteiger partial charge in [0.05, 0.1) is 18.9 Å². The Hall–Kier alpha value is -2.65. The van der Waals surface area contributed by atoms with E-state index in [1.54, 1.807) is 23.9 Å². The molecule has 9 heteroatoms. The van der Waals surface area contributed by atoms with Gasteiger partial charge in [0, 0.05) is 17.0 Å². The molecule has 0 spiro atoms. The Morgan fingerprint density at radius 1 is 1.32 bits per heavy atom. The van der Waals surface area contributed by atoms with Gasteiger partial charge >= 0.3 is 0 Å². The number of methoxy groups -OCH3 is 1. The number of hydrogen-bond acceptors (Lipinski definition) is 7. The van der Waals surface area contributed by atoms with Gasteiger partial charge in [-0.05, 0) is 45.0 Å². The van der Waals surface area contributed by atoms with Gasteiger partial charge in [-0.25, -0.2) is 29.2 Å². The molecule has 1 aliphatic rings. The third kappa shape index (κ3) is 3.55. The molecule has 0 aliphatic carbocycles. The number of ether oxygens (including phenoxy) is 1. The fraction of sp³-hybridized carbons (Fsp3) is 0.316. The molecule has 7 nitrogen and oxygen atoms in total. The molecule has 1 atom stereocenters. The Kier molecular flexibility index (Phi) is 4.72. The smallest absolute Gasteiger partial charge is 0.182 e. The van der Waals surface area contributed by atoms with Gasteiger partial charge in [-0.3, -0.25) is 0 Å². The third-order valence-corrected chi connectivity index (χ3v) is 5.38. The summed E-state index contributed by atoms with van der Waals surface area (Å²) in [7, 11) is 1.58. The van der Waals surface area contributed by atoms with Gasteiger partial charge in [-0.1, -0.05) is 11.8 Å². The van der Waals surface area contributed by atoms with Crippen molar-refractivity contribution in [3.8, 4) is 5.75 Å². The minimum Gasteiger partial charge on any atom is -0.496 e. The van der Waals surface area contributed by atoms with E-state index < -0.39 is 5.72 Å². The normalized spacial score (nSPS) is 16.7. The van der Waals surface area contributed by atoms with Crippen LogP contribution < -0.4 is 10.2 Å². The van der Waals surface area contributed by atoms with Gasteiger partial charge in [0.25, 0.3) is 0 Å². The fourth-order valence-electron chi connectivity index (χ4n) is 2.96. The summed E-state index contributed by atoms with van der Waals surface area (Å²) in [5, 5.41) is 5.05. The maximum Gasteiger partial charge on any atom is 0.182 e. The number of hydroxylamine groups is 1. The Morgan fingerprint density at radius 2 is 2.14 bits per heavy atom. The number of rotatable bonds is 5. The van der Waals surface area contributed by atoms with E-state index in [9.17, 15) is 4.39 Å². The molecule has 0 fully saturated rings. The van der Waals surface area contributed by atoms with Crippen molar-refractivity contribution in [2.24, 2.45) is 4.99 Å². The molecule has 3 heterocycles. The molecular formula is C19H20FN5O2S. The lowest BCUT2D eigenvalue weighted by Crippen LogP contribution is -2.23. The zero-order chi connectivity index (χ0) is 19.9. The van der Waals surface area contributed by atoms with E-state index in [1.807, 2.05) is 33.0 Å². The molecule has 28 heavy (non-hydrogen) atoms. The molecule has 1 aromatic carbocycles. The van der Waals surface area contributed by atoms with Crippen molar-refractivity contribution in [2.45, 2.75) is 36.8 Å². The molecule has 1 aliphatic heterocycles. The summed E-state index contributed by atoms with van der Waals surface area (Å²) in [6, 6.07) is 6.40. The molecule has 2 aromatic heterocycles. The van der Waals surface area contributed by atoms with E-state index in [2.05, 4.69) is 15.6 Å². The molecule has 4 rings (SSSR count). The van der Waals surface area contributed by atoms with Gasteiger partial charge in [-0.2, -0.15) is 5.10 Å². The monoisotopic (exact) mass is 401 g/mol. The zero-order valence-corrected chi connectivity index (χ0v) is 16.7. The topological polar surface area (TPSA) is 73.0 Å². The van der Waals surface area contributed by atoms with Crippen molar-refractivity contribution in [3.05, 3.63) is 53.6 Å². The largest absolute Gasteiger partial charge is 0.496 e. The number of hydrogen-bond donors (Lipinski definition) is 1. The van der Waals surface area contributed by atoms with Crippen molar-refractivity contribution < 1.29 is 14.0 Å². The molecule has 1 N–H and O–H groups in total. The van der Waals surface area contributed by atoms with Crippen LogP contribution >= 0.6 is 11.8 Å². The first-order chi connectivity index (χ1) is 13.4. The van der Waals surface area contributed by atoms with Gasteiger partial charge in [0.15, 0.2) is 17.2 Å². The summed E-state index contributed by atoms with van der Waals surface area (Å²) >= 11 is 1.51. The second-order valence-electron chi connectivity index (χ2n) is 6.85. The number of fused-ring (bicyclic) bond motifs is 1. The predicted octanol–water partition coefficient (Wildman–Crippen LogP) is 3.75. The highest BCUT2D eigenvalue weighted by Crippen LogP contribution is 2.38. The maximum absolute atomic E-state index is 13.7. The van der Waals surface area contributed by atoms with Gasteiger partial charge in [0.1, 0.15) is 16.6 Å². The van der Waals surface area contributed by atoms with Crippen LogP contribution in [0.5, 0.6) is 5.75 Å². The molecule has 146 valence electrons. The SMILES string of the molecule is COc1ccc(F)cc1C(C)Sc1ccn2ncc(C3=NC(C)(C)ON3)c2n1. The van der Waals surface area contributed by atoms with Crippen LogP contribution in [0.3, 0.4) is 0 Å². The van der Waals surface area contributed by atoms with Gasteiger partial charge in [-0.15, -0.1) is 0 Å². The second kappa shape index (κ2) is 7.06. The number of aromatic nitrogens is 3. The van der Waals surface area contributed by atoms with Crippen molar-refractivity contribution >= 4 is 23.2 Å². The zero-order valence-electron chi connectivity index (χ0n) is 15.9. The lowest BCUT2D eigenvalue weighted by atomic mass is 10.1. The highest BCUT2D eigenvalue weighted by atomic mass is 32.2. The molecule has 0 saturated heterocycles. The van der Waals surface area contributed by atoms with E-state index >= 15 is 0 Å². The summed E-state index contributed by atoms with van der Waals surface area (Å²) in [5.74, 6) is 0.948. The lowest BCUT2D eigenvalue weighted by Gasteiger charge is -2.15. The standard InChI is InChI=1S/C19H20FN5O2S/c1-11(13-9-12(20)5-6-15(13)26-4)28-16-7-8-25-18(22-16)14(10-21-25)17-23-19(2,3)27-24-17/h5-11H,1-4H3,(H,23,24). The summed E-state index contributed by atoms with van der Waals surface area (Å²) in [6.07, 6.45) is 3.54. The first-order valence-corrected chi connectivity index (χ1v) is 9.63. The van der Waals surface area contributed by atoms with E-state index in [0.717, 1.165) is 16.2 Å². The summed E-state index contributed by atoms with van der Waals surface area (Å²) in [4.78, 5) is 14.7. The lowest BCUT2D eigenvalue weighted by molar-refractivity contribution is -0.0269. The van der Waals surface area contributed by atoms with E-state index in [4.69, 9.17) is 14.6 Å². The average molecular weight is 401 g/mol. The van der Waals surface area contributed by atoms with Crippen LogP contribution in [0.15, 0.2) is 46.7 Å². The first kappa shape index (κ1) is 18.7. The van der Waals surface area contributed by atoms with Crippen LogP contribution in [0.1, 0.15) is 37.1 Å². The summed E-state index contributed by atoms with van der Waals surface area (Å²) < 4.78 is 20.8. The highest BCUT2D eigenvalue weighted by molar-refractivity contribution is 7.99. The number of halogens is 1. The molecule has 3 aromatic rings. The molecule has 0 amide bonds. The van der Waals surface area contributed by atoms with Crippen LogP contribution in [0, 0.1) is 5.82 Å². The quantitative estimate of drug-likeness (QED) is 0.519. The Bertz CT molecular complexity index is 1070. The first-order valence-electron chi connectivity index (χ1n) is 8.75. The van der Waals surface area contributed by atoms with Crippen LogP contribution in [-0.2, 0) is 4.84 Å². The number of benzene rings is 1. The fourth-order valence-corrected chi connectivity index (χ4v) is 3.91. The number of aliphatic imine (C=N–C) groups is 1. The van der Waals surface area contributed by atoms with Gasteiger partial charge < -0.3 is 4.74 Å². The van der Waals surface area contributed by atoms with E-state index in [-0.39, 0.29) is 11.1 Å².